The van der Waals surface area contributed by atoms with Crippen LogP contribution in [0.2, 0.25) is 0 Å². The molecule has 0 saturated carbocycles. The van der Waals surface area contributed by atoms with E-state index in [4.69, 9.17) is 5.11 Å². The maximum Gasteiger partial charge on any atom is 0.137 e. The van der Waals surface area contributed by atoms with Gasteiger partial charge in [0.1, 0.15) is 5.65 Å². The molecule has 2 N–H and O–H groups in total. The highest BCUT2D eigenvalue weighted by Gasteiger charge is 2.00. The van der Waals surface area contributed by atoms with E-state index in [0.29, 0.717) is 0 Å². The number of hydrogen-bond acceptors (Lipinski definition) is 2. The predicted octanol–water partition coefficient (Wildman–Crippen LogP) is 1.96. The summed E-state index contributed by atoms with van der Waals surface area (Å²) in [6.45, 7) is 1.99. The van der Waals surface area contributed by atoms with Crippen molar-refractivity contribution in [1.82, 2.24) is 9.97 Å². The van der Waals surface area contributed by atoms with Gasteiger partial charge in [-0.3, -0.25) is 0 Å². The van der Waals surface area contributed by atoms with Crippen LogP contribution in [0, 0.1) is 0 Å². The van der Waals surface area contributed by atoms with E-state index in [0.717, 1.165) is 22.2 Å². The third-order valence-electron chi connectivity index (χ3n) is 2.13. The zero-order valence-corrected chi connectivity index (χ0v) is 7.99. The van der Waals surface area contributed by atoms with Gasteiger partial charge in [-0.15, -0.1) is 0 Å². The minimum atomic E-state index is 0.0902. The molecule has 0 aromatic carbocycles. The molecule has 2 heterocycles. The lowest BCUT2D eigenvalue weighted by Crippen LogP contribution is -1.82. The molecule has 0 aliphatic carbocycles. The summed E-state index contributed by atoms with van der Waals surface area (Å²) in [4.78, 5) is 7.27. The van der Waals surface area contributed by atoms with Gasteiger partial charge in [0.2, 0.25) is 0 Å². The van der Waals surface area contributed by atoms with Crippen molar-refractivity contribution in [2.75, 3.05) is 6.61 Å². The van der Waals surface area contributed by atoms with Gasteiger partial charge in [-0.2, -0.15) is 0 Å². The van der Waals surface area contributed by atoms with Crippen molar-refractivity contribution < 1.29 is 5.11 Å². The summed E-state index contributed by atoms with van der Waals surface area (Å²) < 4.78 is 0. The molecule has 0 amide bonds. The van der Waals surface area contributed by atoms with Gasteiger partial charge in [-0.25, -0.2) is 4.98 Å². The molecule has 14 heavy (non-hydrogen) atoms. The molecule has 0 spiro atoms. The Balaban J connectivity index is 2.53. The summed E-state index contributed by atoms with van der Waals surface area (Å²) in [5, 5.41) is 10.00. The van der Waals surface area contributed by atoms with Crippen LogP contribution >= 0.6 is 0 Å². The van der Waals surface area contributed by atoms with Crippen molar-refractivity contribution in [2.24, 2.45) is 0 Å². The smallest absolute Gasteiger partial charge is 0.137 e. The number of rotatable bonds is 2. The van der Waals surface area contributed by atoms with E-state index < -0.39 is 0 Å². The number of hydrogen-bond donors (Lipinski definition) is 2. The van der Waals surface area contributed by atoms with Crippen LogP contribution in [0.25, 0.3) is 17.1 Å². The molecule has 2 aromatic heterocycles. The molecule has 0 fully saturated rings. The fourth-order valence-corrected chi connectivity index (χ4v) is 1.41. The average Bonchev–Trinajstić information content (AvgIpc) is 2.62. The van der Waals surface area contributed by atoms with E-state index in [2.05, 4.69) is 9.97 Å². The molecule has 3 nitrogen and oxygen atoms in total. The first-order valence-corrected chi connectivity index (χ1v) is 4.51. The molecule has 3 heteroatoms. The van der Waals surface area contributed by atoms with Crippen LogP contribution in [0.15, 0.2) is 30.1 Å². The van der Waals surface area contributed by atoms with Gasteiger partial charge in [0.15, 0.2) is 0 Å². The first-order valence-electron chi connectivity index (χ1n) is 4.51. The van der Waals surface area contributed by atoms with Crippen LogP contribution in [0.4, 0.5) is 0 Å². The number of H-pyrrole nitrogens is 1. The van der Waals surface area contributed by atoms with Crippen molar-refractivity contribution in [2.45, 2.75) is 6.92 Å². The average molecular weight is 188 g/mol. The number of aromatic amines is 1. The first kappa shape index (κ1) is 8.97. The second-order valence-electron chi connectivity index (χ2n) is 3.29. The summed E-state index contributed by atoms with van der Waals surface area (Å²) in [7, 11) is 0. The Morgan fingerprint density at radius 3 is 3.29 bits per heavy atom. The lowest BCUT2D eigenvalue weighted by atomic mass is 10.1. The van der Waals surface area contributed by atoms with Crippen molar-refractivity contribution in [3.63, 3.8) is 0 Å². The van der Waals surface area contributed by atoms with Gasteiger partial charge in [0, 0.05) is 23.3 Å². The Morgan fingerprint density at radius 2 is 2.50 bits per heavy atom. The number of nitrogens with zero attached hydrogens (tertiary/aromatic N) is 1. The minimum Gasteiger partial charge on any atom is -0.392 e. The minimum absolute atomic E-state index is 0.0902. The van der Waals surface area contributed by atoms with Crippen molar-refractivity contribution in [3.05, 3.63) is 35.7 Å². The summed E-state index contributed by atoms with van der Waals surface area (Å²) in [5.41, 5.74) is 2.89. The van der Waals surface area contributed by atoms with Crippen LogP contribution < -0.4 is 0 Å². The topological polar surface area (TPSA) is 48.9 Å². The standard InChI is InChI=1S/C11H12N2O/c1-8(7-14)5-9-6-13-11-10(9)3-2-4-12-11/h2-6,14H,7H2,1H3,(H,12,13). The highest BCUT2D eigenvalue weighted by molar-refractivity contribution is 5.86. The van der Waals surface area contributed by atoms with E-state index in [1.165, 1.54) is 0 Å². The van der Waals surface area contributed by atoms with Gasteiger partial charge < -0.3 is 10.1 Å². The molecule has 2 rings (SSSR count). The fraction of sp³-hybridized carbons (Fsp3) is 0.182. The molecule has 0 aliphatic rings. The van der Waals surface area contributed by atoms with Gasteiger partial charge in [-0.1, -0.05) is 6.08 Å². The second-order valence-corrected chi connectivity index (χ2v) is 3.29. The Bertz CT molecular complexity index is 471. The maximum atomic E-state index is 8.91. The zero-order valence-electron chi connectivity index (χ0n) is 7.99. The zero-order chi connectivity index (χ0) is 9.97. The molecular formula is C11H12N2O. The van der Waals surface area contributed by atoms with Crippen molar-refractivity contribution >= 4 is 17.1 Å². The van der Waals surface area contributed by atoms with Crippen LogP contribution in [0.1, 0.15) is 12.5 Å². The monoisotopic (exact) mass is 188 g/mol. The van der Waals surface area contributed by atoms with Crippen LogP contribution in [-0.2, 0) is 0 Å². The number of aliphatic hydroxyl groups excluding tert-OH is 1. The lowest BCUT2D eigenvalue weighted by Gasteiger charge is -1.94. The fourth-order valence-electron chi connectivity index (χ4n) is 1.41. The number of aromatic nitrogens is 2. The first-order chi connectivity index (χ1) is 6.81. The summed E-state index contributed by atoms with van der Waals surface area (Å²) in [6.07, 6.45) is 5.61. The van der Waals surface area contributed by atoms with Gasteiger partial charge in [0.05, 0.1) is 6.61 Å². The van der Waals surface area contributed by atoms with Gasteiger partial charge in [-0.05, 0) is 24.6 Å². The van der Waals surface area contributed by atoms with E-state index in [9.17, 15) is 0 Å². The number of fused-ring (bicyclic) bond motifs is 1. The van der Waals surface area contributed by atoms with E-state index in [-0.39, 0.29) is 6.61 Å². The molecule has 0 aliphatic heterocycles. The molecular weight excluding hydrogens is 176 g/mol. The Morgan fingerprint density at radius 1 is 1.64 bits per heavy atom. The van der Waals surface area contributed by atoms with Gasteiger partial charge in [0.25, 0.3) is 0 Å². The molecule has 0 atom stereocenters. The van der Waals surface area contributed by atoms with E-state index in [1.54, 1.807) is 6.20 Å². The molecule has 72 valence electrons. The quantitative estimate of drug-likeness (QED) is 0.756. The van der Waals surface area contributed by atoms with Crippen LogP contribution in [0.5, 0.6) is 0 Å². The third kappa shape index (κ3) is 1.54. The number of aliphatic hydroxyl groups is 1. The molecule has 0 radical (unpaired) electrons. The number of nitrogens with one attached hydrogen (secondary N) is 1. The van der Waals surface area contributed by atoms with Crippen molar-refractivity contribution in [1.29, 1.82) is 0 Å². The maximum absolute atomic E-state index is 8.91. The SMILES string of the molecule is CC(=Cc1c[nH]c2ncccc12)CO. The summed E-state index contributed by atoms with van der Waals surface area (Å²) >= 11 is 0. The van der Waals surface area contributed by atoms with E-state index >= 15 is 0 Å². The Kier molecular flexibility index (Phi) is 2.33. The number of pyridine rings is 1. The molecule has 0 unspecified atom stereocenters. The van der Waals surface area contributed by atoms with Crippen LogP contribution in [-0.4, -0.2) is 21.7 Å². The Hall–Kier alpha value is -1.61. The summed E-state index contributed by atoms with van der Waals surface area (Å²) in [5.74, 6) is 0. The molecule has 0 bridgehead atoms. The largest absolute Gasteiger partial charge is 0.392 e. The highest BCUT2D eigenvalue weighted by atomic mass is 16.3. The van der Waals surface area contributed by atoms with E-state index in [1.807, 2.05) is 31.3 Å². The second kappa shape index (κ2) is 3.64. The third-order valence-corrected chi connectivity index (χ3v) is 2.13. The van der Waals surface area contributed by atoms with Crippen LogP contribution in [0.3, 0.4) is 0 Å². The molecule has 0 saturated heterocycles. The lowest BCUT2D eigenvalue weighted by molar-refractivity contribution is 0.332. The molecule has 2 aromatic rings. The van der Waals surface area contributed by atoms with Gasteiger partial charge >= 0.3 is 0 Å². The Labute approximate surface area is 82.1 Å². The predicted molar refractivity (Wildman–Crippen MR) is 56.8 cm³/mol. The van der Waals surface area contributed by atoms with Crippen molar-refractivity contribution in [3.8, 4) is 0 Å². The normalized spacial score (nSPS) is 12.3. The summed E-state index contributed by atoms with van der Waals surface area (Å²) in [6, 6.07) is 3.91. The highest BCUT2D eigenvalue weighted by Crippen LogP contribution is 2.18.